The fourth-order valence-electron chi connectivity index (χ4n) is 5.39. The summed E-state index contributed by atoms with van der Waals surface area (Å²) >= 11 is 0. The first-order chi connectivity index (χ1) is 16.5. The summed E-state index contributed by atoms with van der Waals surface area (Å²) in [4.78, 5) is 31.7. The number of hydrogen-bond donors (Lipinski definition) is 1. The molecule has 0 bridgehead atoms. The number of likely N-dealkylation sites (tertiary alicyclic amines) is 2. The summed E-state index contributed by atoms with van der Waals surface area (Å²) < 4.78 is 13.1. The molecule has 0 aromatic heterocycles. The second-order valence-electron chi connectivity index (χ2n) is 9.70. The van der Waals surface area contributed by atoms with Crippen LogP contribution in [0.15, 0.2) is 41.7 Å². The third-order valence-corrected chi connectivity index (χ3v) is 7.51. The first-order valence-electron chi connectivity index (χ1n) is 12.4. The summed E-state index contributed by atoms with van der Waals surface area (Å²) in [5.74, 6) is -0.208. The van der Waals surface area contributed by atoms with Crippen LogP contribution in [0.3, 0.4) is 0 Å². The van der Waals surface area contributed by atoms with Crippen LogP contribution in [0.25, 0.3) is 0 Å². The minimum Gasteiger partial charge on any atom is -0.411 e. The molecule has 1 aromatic carbocycles. The number of amides is 1. The van der Waals surface area contributed by atoms with E-state index in [0.717, 1.165) is 58.3 Å². The molecule has 1 aromatic rings. The molecule has 3 aliphatic heterocycles. The van der Waals surface area contributed by atoms with E-state index >= 15 is 0 Å². The summed E-state index contributed by atoms with van der Waals surface area (Å²) in [6, 6.07) is 5.57. The van der Waals surface area contributed by atoms with Gasteiger partial charge in [0.15, 0.2) is 5.78 Å². The molecule has 4 rings (SSSR count). The molecule has 7 nitrogen and oxygen atoms in total. The van der Waals surface area contributed by atoms with E-state index in [0.29, 0.717) is 24.2 Å². The summed E-state index contributed by atoms with van der Waals surface area (Å²) in [7, 11) is 1.81. The van der Waals surface area contributed by atoms with Crippen LogP contribution in [0.1, 0.15) is 48.9 Å². The lowest BCUT2D eigenvalue weighted by atomic mass is 9.89. The minimum absolute atomic E-state index is 0.0270. The van der Waals surface area contributed by atoms with Gasteiger partial charge in [-0.25, -0.2) is 4.39 Å². The molecule has 3 heterocycles. The molecule has 0 spiro atoms. The lowest BCUT2D eigenvalue weighted by molar-refractivity contribution is -0.134. The van der Waals surface area contributed by atoms with Gasteiger partial charge in [0.25, 0.3) is 0 Å². The predicted molar refractivity (Wildman–Crippen MR) is 128 cm³/mol. The molecular weight excluding hydrogens is 435 g/mol. The standard InChI is InChI=1S/C26H35FN4O3/c1-29-15-12-23(28-34)22-11-18-31(24(22)26(29)33)14-4-2-3-13-30-16-9-20(10-17-30)25(32)19-5-7-21(27)8-6-19/h5-8,11,18,20,22,24,34H,2-4,9-10,12-17H2,1H3/b28-23-. The Morgan fingerprint density at radius 2 is 1.79 bits per heavy atom. The number of likely N-dealkylation sites (N-methyl/N-ethyl adjacent to an activating group) is 1. The van der Waals surface area contributed by atoms with Crippen molar-refractivity contribution in [2.24, 2.45) is 17.0 Å². The normalized spacial score (nSPS) is 25.1. The van der Waals surface area contributed by atoms with Crippen LogP contribution in [0.2, 0.25) is 0 Å². The second-order valence-corrected chi connectivity index (χ2v) is 9.70. The highest BCUT2D eigenvalue weighted by atomic mass is 19.1. The zero-order valence-corrected chi connectivity index (χ0v) is 19.9. The molecule has 1 amide bonds. The predicted octanol–water partition coefficient (Wildman–Crippen LogP) is 3.40. The van der Waals surface area contributed by atoms with E-state index in [4.69, 9.17) is 0 Å². The van der Waals surface area contributed by atoms with Crippen molar-refractivity contribution in [2.45, 2.75) is 44.6 Å². The number of hydrogen-bond acceptors (Lipinski definition) is 6. The molecule has 184 valence electrons. The third kappa shape index (κ3) is 5.49. The van der Waals surface area contributed by atoms with Crippen molar-refractivity contribution in [1.29, 1.82) is 0 Å². The third-order valence-electron chi connectivity index (χ3n) is 7.51. The van der Waals surface area contributed by atoms with Gasteiger partial charge in [-0.2, -0.15) is 0 Å². The SMILES string of the molecule is CN1CC/C(=N/O)C2C=CN(CCCCCN3CCC(C(=O)c4ccc(F)cc4)CC3)C2C1=O. The zero-order valence-electron chi connectivity index (χ0n) is 19.9. The molecule has 0 saturated carbocycles. The van der Waals surface area contributed by atoms with Gasteiger partial charge in [-0.15, -0.1) is 0 Å². The summed E-state index contributed by atoms with van der Waals surface area (Å²) in [6.07, 6.45) is 9.43. The quantitative estimate of drug-likeness (QED) is 0.273. The van der Waals surface area contributed by atoms with Crippen molar-refractivity contribution in [3.05, 3.63) is 47.9 Å². The van der Waals surface area contributed by atoms with Crippen LogP contribution in [-0.4, -0.2) is 83.1 Å². The molecule has 3 aliphatic rings. The molecule has 2 unspecified atom stereocenters. The monoisotopic (exact) mass is 470 g/mol. The van der Waals surface area contributed by atoms with Gasteiger partial charge >= 0.3 is 0 Å². The van der Waals surface area contributed by atoms with Crippen molar-refractivity contribution in [3.8, 4) is 0 Å². The largest absolute Gasteiger partial charge is 0.411 e. The Morgan fingerprint density at radius 3 is 2.50 bits per heavy atom. The Labute approximate surface area is 200 Å². The van der Waals surface area contributed by atoms with Crippen LogP contribution in [0.4, 0.5) is 4.39 Å². The Kier molecular flexibility index (Phi) is 7.98. The molecule has 2 saturated heterocycles. The van der Waals surface area contributed by atoms with Crippen molar-refractivity contribution >= 4 is 17.4 Å². The maximum atomic E-state index is 13.1. The van der Waals surface area contributed by atoms with E-state index in [1.807, 2.05) is 19.3 Å². The van der Waals surface area contributed by atoms with Gasteiger partial charge in [0.2, 0.25) is 5.91 Å². The highest BCUT2D eigenvalue weighted by Gasteiger charge is 2.41. The molecule has 2 fully saturated rings. The van der Waals surface area contributed by atoms with Crippen molar-refractivity contribution in [2.75, 3.05) is 39.8 Å². The Hall–Kier alpha value is -2.74. The average molecular weight is 471 g/mol. The van der Waals surface area contributed by atoms with Gasteiger partial charge in [0.05, 0.1) is 5.71 Å². The van der Waals surface area contributed by atoms with E-state index < -0.39 is 0 Å². The first-order valence-corrected chi connectivity index (χ1v) is 12.4. The number of carbonyl (C=O) groups excluding carboxylic acids is 2. The maximum absolute atomic E-state index is 13.1. The van der Waals surface area contributed by atoms with Crippen molar-refractivity contribution in [3.63, 3.8) is 0 Å². The van der Waals surface area contributed by atoms with Gasteiger partial charge in [-0.3, -0.25) is 9.59 Å². The highest BCUT2D eigenvalue weighted by molar-refractivity contribution is 5.98. The van der Waals surface area contributed by atoms with Crippen LogP contribution < -0.4 is 0 Å². The molecule has 2 atom stereocenters. The number of benzene rings is 1. The van der Waals surface area contributed by atoms with Gasteiger partial charge in [0, 0.05) is 44.0 Å². The number of Topliss-reactive ketones (excluding diaryl/α,β-unsaturated/α-hetero) is 1. The summed E-state index contributed by atoms with van der Waals surface area (Å²) in [5, 5.41) is 12.8. The summed E-state index contributed by atoms with van der Waals surface area (Å²) in [6.45, 7) is 4.24. The second kappa shape index (κ2) is 11.1. The fraction of sp³-hybridized carbons (Fsp3) is 0.577. The topological polar surface area (TPSA) is 76.5 Å². The Balaban J connectivity index is 1.16. The lowest BCUT2D eigenvalue weighted by Crippen LogP contribution is -2.46. The lowest BCUT2D eigenvalue weighted by Gasteiger charge is -2.31. The zero-order chi connectivity index (χ0) is 24.1. The molecule has 0 aliphatic carbocycles. The van der Waals surface area contributed by atoms with E-state index in [1.54, 1.807) is 17.0 Å². The van der Waals surface area contributed by atoms with Gasteiger partial charge in [-0.05, 0) is 75.8 Å². The number of piperidine rings is 1. The molecule has 0 radical (unpaired) electrons. The molecule has 8 heteroatoms. The highest BCUT2D eigenvalue weighted by Crippen LogP contribution is 2.29. The molecule has 1 N–H and O–H groups in total. The number of oxime groups is 1. The van der Waals surface area contributed by atoms with Crippen molar-refractivity contribution < 1.29 is 19.2 Å². The van der Waals surface area contributed by atoms with Crippen LogP contribution >= 0.6 is 0 Å². The van der Waals surface area contributed by atoms with E-state index in [9.17, 15) is 19.2 Å². The Bertz CT molecular complexity index is 924. The van der Waals surface area contributed by atoms with E-state index in [2.05, 4.69) is 15.0 Å². The maximum Gasteiger partial charge on any atom is 0.246 e. The number of rotatable bonds is 8. The fourth-order valence-corrected chi connectivity index (χ4v) is 5.39. The van der Waals surface area contributed by atoms with Crippen LogP contribution in [-0.2, 0) is 4.79 Å². The van der Waals surface area contributed by atoms with E-state index in [-0.39, 0.29) is 35.4 Å². The number of halogens is 1. The summed E-state index contributed by atoms with van der Waals surface area (Å²) in [5.41, 5.74) is 1.29. The number of carbonyl (C=O) groups is 2. The van der Waals surface area contributed by atoms with Gasteiger partial charge in [-0.1, -0.05) is 17.7 Å². The first kappa shape index (κ1) is 24.4. The number of unbranched alkanes of at least 4 members (excludes halogenated alkanes) is 2. The van der Waals surface area contributed by atoms with Gasteiger partial charge < -0.3 is 19.9 Å². The number of fused-ring (bicyclic) bond motifs is 1. The molecular formula is C26H35FN4O3. The minimum atomic E-state index is -0.316. The van der Waals surface area contributed by atoms with Crippen molar-refractivity contribution in [1.82, 2.24) is 14.7 Å². The number of nitrogens with zero attached hydrogens (tertiary/aromatic N) is 4. The van der Waals surface area contributed by atoms with Crippen LogP contribution in [0.5, 0.6) is 0 Å². The number of ketones is 1. The van der Waals surface area contributed by atoms with Gasteiger partial charge in [0.1, 0.15) is 11.9 Å². The smallest absolute Gasteiger partial charge is 0.246 e. The molecule has 34 heavy (non-hydrogen) atoms. The Morgan fingerprint density at radius 1 is 1.09 bits per heavy atom. The average Bonchev–Trinajstić information content (AvgIpc) is 3.22. The van der Waals surface area contributed by atoms with E-state index in [1.165, 1.54) is 12.1 Å². The van der Waals surface area contributed by atoms with Crippen LogP contribution in [0, 0.1) is 17.7 Å².